The van der Waals surface area contributed by atoms with E-state index in [1.165, 1.54) is 0 Å². The minimum absolute atomic E-state index is 0.124. The minimum atomic E-state index is -0.472. The Hall–Kier alpha value is -2.24. The van der Waals surface area contributed by atoms with Crippen LogP contribution in [-0.2, 0) is 9.59 Å². The average Bonchev–Trinajstić information content (AvgIpc) is 2.72. The number of carbonyl (C=O) groups is 2. The Kier molecular flexibility index (Phi) is 6.06. The lowest BCUT2D eigenvalue weighted by atomic mass is 10.1. The van der Waals surface area contributed by atoms with Crippen molar-refractivity contribution in [3.63, 3.8) is 0 Å². The van der Waals surface area contributed by atoms with Crippen LogP contribution in [0.5, 0.6) is 11.5 Å². The summed E-state index contributed by atoms with van der Waals surface area (Å²) in [4.78, 5) is 23.7. The van der Waals surface area contributed by atoms with Crippen molar-refractivity contribution in [2.45, 2.75) is 32.2 Å². The fourth-order valence-electron chi connectivity index (χ4n) is 2.30. The fraction of sp³-hybridized carbons (Fsp3) is 0.500. The third kappa shape index (κ3) is 4.65. The van der Waals surface area contributed by atoms with Crippen molar-refractivity contribution in [1.82, 2.24) is 10.6 Å². The van der Waals surface area contributed by atoms with Gasteiger partial charge < -0.3 is 20.1 Å². The molecule has 0 radical (unpaired) electrons. The fourth-order valence-corrected chi connectivity index (χ4v) is 2.30. The van der Waals surface area contributed by atoms with E-state index in [-0.39, 0.29) is 18.4 Å². The molecule has 1 aliphatic rings. The molecule has 1 unspecified atom stereocenters. The molecule has 1 aromatic rings. The van der Waals surface area contributed by atoms with Crippen molar-refractivity contribution in [1.29, 1.82) is 0 Å². The lowest BCUT2D eigenvalue weighted by Crippen LogP contribution is -2.46. The number of carbonyl (C=O) groups excluding carboxylic acids is 2. The predicted molar refractivity (Wildman–Crippen MR) is 81.9 cm³/mol. The van der Waals surface area contributed by atoms with Crippen LogP contribution in [0.1, 0.15) is 26.2 Å². The zero-order valence-corrected chi connectivity index (χ0v) is 12.8. The van der Waals surface area contributed by atoms with Gasteiger partial charge in [0.15, 0.2) is 18.1 Å². The smallest absolute Gasteiger partial charge is 0.258 e. The van der Waals surface area contributed by atoms with Crippen LogP contribution in [0.4, 0.5) is 0 Å². The average molecular weight is 306 g/mol. The molecule has 0 saturated carbocycles. The molecule has 0 spiro atoms. The molecule has 6 nitrogen and oxygen atoms in total. The third-order valence-corrected chi connectivity index (χ3v) is 3.38. The van der Waals surface area contributed by atoms with E-state index in [1.54, 1.807) is 12.1 Å². The van der Waals surface area contributed by atoms with E-state index < -0.39 is 6.04 Å². The summed E-state index contributed by atoms with van der Waals surface area (Å²) < 4.78 is 10.9. The van der Waals surface area contributed by atoms with Gasteiger partial charge in [-0.15, -0.1) is 0 Å². The second-order valence-electron chi connectivity index (χ2n) is 5.08. The summed E-state index contributed by atoms with van der Waals surface area (Å²) in [6.45, 7) is 2.93. The summed E-state index contributed by atoms with van der Waals surface area (Å²) in [6, 6.07) is 6.72. The molecular formula is C16H22N2O4. The highest BCUT2D eigenvalue weighted by atomic mass is 16.5. The van der Waals surface area contributed by atoms with Gasteiger partial charge in [-0.05, 0) is 38.3 Å². The number of hydrogen-bond acceptors (Lipinski definition) is 4. The van der Waals surface area contributed by atoms with E-state index >= 15 is 0 Å². The first-order chi connectivity index (χ1) is 10.7. The lowest BCUT2D eigenvalue weighted by molar-refractivity contribution is -0.129. The van der Waals surface area contributed by atoms with Crippen LogP contribution < -0.4 is 20.1 Å². The molecule has 0 aromatic heterocycles. The van der Waals surface area contributed by atoms with Crippen LogP contribution >= 0.6 is 0 Å². The normalized spacial score (nSPS) is 18.0. The Balaban J connectivity index is 1.86. The molecule has 1 atom stereocenters. The molecule has 1 saturated heterocycles. The lowest BCUT2D eigenvalue weighted by Gasteiger charge is -2.16. The zero-order valence-electron chi connectivity index (χ0n) is 12.8. The Labute approximate surface area is 130 Å². The Bertz CT molecular complexity index is 519. The first-order valence-electron chi connectivity index (χ1n) is 7.62. The molecule has 120 valence electrons. The minimum Gasteiger partial charge on any atom is -0.490 e. The van der Waals surface area contributed by atoms with Gasteiger partial charge in [-0.25, -0.2) is 0 Å². The number of nitrogens with one attached hydrogen (secondary N) is 2. The van der Waals surface area contributed by atoms with E-state index in [4.69, 9.17) is 9.47 Å². The van der Waals surface area contributed by atoms with Crippen LogP contribution in [0.3, 0.4) is 0 Å². The highest BCUT2D eigenvalue weighted by Crippen LogP contribution is 2.26. The Morgan fingerprint density at radius 2 is 2.00 bits per heavy atom. The van der Waals surface area contributed by atoms with Gasteiger partial charge in [0.2, 0.25) is 5.91 Å². The number of benzene rings is 1. The van der Waals surface area contributed by atoms with Crippen molar-refractivity contribution in [2.75, 3.05) is 19.8 Å². The topological polar surface area (TPSA) is 76.7 Å². The molecule has 1 heterocycles. The Morgan fingerprint density at radius 1 is 1.27 bits per heavy atom. The second-order valence-corrected chi connectivity index (χ2v) is 5.08. The SMILES string of the molecule is CCOc1ccccc1OCC(=O)NC1CCCCNC1=O. The maximum atomic E-state index is 12.0. The van der Waals surface area contributed by atoms with Crippen molar-refractivity contribution in [3.8, 4) is 11.5 Å². The molecule has 2 amide bonds. The molecule has 0 bridgehead atoms. The summed E-state index contributed by atoms with van der Waals surface area (Å²) in [7, 11) is 0. The standard InChI is InChI=1S/C16H22N2O4/c1-2-21-13-8-3-4-9-14(13)22-11-15(19)18-12-7-5-6-10-17-16(12)20/h3-4,8-9,12H,2,5-7,10-11H2,1H3,(H,17,20)(H,18,19). The van der Waals surface area contributed by atoms with E-state index in [0.717, 1.165) is 12.8 Å². The summed E-state index contributed by atoms with van der Waals surface area (Å²) >= 11 is 0. The van der Waals surface area contributed by atoms with E-state index in [0.29, 0.717) is 31.1 Å². The van der Waals surface area contributed by atoms with E-state index in [2.05, 4.69) is 10.6 Å². The van der Waals surface area contributed by atoms with Gasteiger partial charge in [-0.3, -0.25) is 9.59 Å². The van der Waals surface area contributed by atoms with E-state index in [1.807, 2.05) is 19.1 Å². The molecule has 1 fully saturated rings. The number of rotatable bonds is 6. The van der Waals surface area contributed by atoms with E-state index in [9.17, 15) is 9.59 Å². The zero-order chi connectivity index (χ0) is 15.8. The largest absolute Gasteiger partial charge is 0.490 e. The summed E-state index contributed by atoms with van der Waals surface area (Å²) in [5.41, 5.74) is 0. The van der Waals surface area contributed by atoms with Crippen molar-refractivity contribution < 1.29 is 19.1 Å². The van der Waals surface area contributed by atoms with Gasteiger partial charge >= 0.3 is 0 Å². The monoisotopic (exact) mass is 306 g/mol. The van der Waals surface area contributed by atoms with Gasteiger partial charge in [-0.2, -0.15) is 0 Å². The van der Waals surface area contributed by atoms with Gasteiger partial charge in [-0.1, -0.05) is 12.1 Å². The van der Waals surface area contributed by atoms with Gasteiger partial charge in [0.1, 0.15) is 6.04 Å². The molecule has 1 aromatic carbocycles. The van der Waals surface area contributed by atoms with Gasteiger partial charge in [0, 0.05) is 6.54 Å². The summed E-state index contributed by atoms with van der Waals surface area (Å²) in [6.07, 6.45) is 2.52. The Morgan fingerprint density at radius 3 is 2.73 bits per heavy atom. The molecular weight excluding hydrogens is 284 g/mol. The molecule has 2 rings (SSSR count). The highest BCUT2D eigenvalue weighted by molar-refractivity contribution is 5.88. The molecule has 6 heteroatoms. The first kappa shape index (κ1) is 16.1. The number of hydrogen-bond donors (Lipinski definition) is 2. The number of para-hydroxylation sites is 2. The summed E-state index contributed by atoms with van der Waals surface area (Å²) in [5.74, 6) is 0.684. The summed E-state index contributed by atoms with van der Waals surface area (Å²) in [5, 5.41) is 5.50. The number of amides is 2. The van der Waals surface area contributed by atoms with Crippen LogP contribution in [-0.4, -0.2) is 37.6 Å². The quantitative estimate of drug-likeness (QED) is 0.829. The van der Waals surface area contributed by atoms with Crippen molar-refractivity contribution in [2.24, 2.45) is 0 Å². The molecule has 0 aliphatic carbocycles. The third-order valence-electron chi connectivity index (χ3n) is 3.38. The van der Waals surface area contributed by atoms with Crippen molar-refractivity contribution in [3.05, 3.63) is 24.3 Å². The molecule has 2 N–H and O–H groups in total. The van der Waals surface area contributed by atoms with Crippen LogP contribution in [0.15, 0.2) is 24.3 Å². The maximum absolute atomic E-state index is 12.0. The molecule has 22 heavy (non-hydrogen) atoms. The van der Waals surface area contributed by atoms with Gasteiger partial charge in [0.05, 0.1) is 6.61 Å². The maximum Gasteiger partial charge on any atom is 0.258 e. The van der Waals surface area contributed by atoms with Gasteiger partial charge in [0.25, 0.3) is 5.91 Å². The predicted octanol–water partition coefficient (Wildman–Crippen LogP) is 1.25. The second kappa shape index (κ2) is 8.26. The van der Waals surface area contributed by atoms with Crippen LogP contribution in [0, 0.1) is 0 Å². The molecule has 1 aliphatic heterocycles. The van der Waals surface area contributed by atoms with Crippen LogP contribution in [0.2, 0.25) is 0 Å². The van der Waals surface area contributed by atoms with Crippen molar-refractivity contribution >= 4 is 11.8 Å². The first-order valence-corrected chi connectivity index (χ1v) is 7.62. The van der Waals surface area contributed by atoms with Crippen LogP contribution in [0.25, 0.3) is 0 Å². The highest BCUT2D eigenvalue weighted by Gasteiger charge is 2.22. The number of ether oxygens (including phenoxy) is 2.